The summed E-state index contributed by atoms with van der Waals surface area (Å²) in [4.78, 5) is 4.12. The van der Waals surface area contributed by atoms with Gasteiger partial charge in [0, 0.05) is 24.0 Å². The maximum Gasteiger partial charge on any atom is 0.243 e. The van der Waals surface area contributed by atoms with Crippen molar-refractivity contribution in [2.75, 3.05) is 6.54 Å². The van der Waals surface area contributed by atoms with Gasteiger partial charge in [0.2, 0.25) is 15.2 Å². The zero-order valence-corrected chi connectivity index (χ0v) is 15.4. The molecule has 0 unspecified atom stereocenters. The summed E-state index contributed by atoms with van der Waals surface area (Å²) in [6, 6.07) is 7.25. The Morgan fingerprint density at radius 2 is 2.04 bits per heavy atom. The molecular weight excluding hydrogens is 363 g/mol. The third-order valence-electron chi connectivity index (χ3n) is 3.53. The fraction of sp³-hybridized carbons (Fsp3) is 0.250. The van der Waals surface area contributed by atoms with Gasteiger partial charge in [-0.1, -0.05) is 12.1 Å². The molecular formula is C16H17FN4O2S2. The van der Waals surface area contributed by atoms with Gasteiger partial charge in [0.05, 0.1) is 11.4 Å². The van der Waals surface area contributed by atoms with Crippen LogP contribution in [0.1, 0.15) is 17.1 Å². The van der Waals surface area contributed by atoms with Crippen molar-refractivity contribution in [2.24, 2.45) is 0 Å². The van der Waals surface area contributed by atoms with Crippen LogP contribution in [0.15, 0.2) is 40.6 Å². The first kappa shape index (κ1) is 17.7. The van der Waals surface area contributed by atoms with Crippen molar-refractivity contribution in [2.45, 2.75) is 25.2 Å². The number of halogens is 1. The van der Waals surface area contributed by atoms with Crippen LogP contribution in [0.25, 0.3) is 5.13 Å². The number of hydrogen-bond donors (Lipinski definition) is 1. The van der Waals surface area contributed by atoms with E-state index in [0.717, 1.165) is 28.3 Å². The number of sulfonamides is 1. The first-order valence-electron chi connectivity index (χ1n) is 7.59. The van der Waals surface area contributed by atoms with Gasteiger partial charge in [0.15, 0.2) is 0 Å². The lowest BCUT2D eigenvalue weighted by atomic mass is 10.3. The number of aromatic nitrogens is 3. The molecule has 0 radical (unpaired) electrons. The second-order valence-corrected chi connectivity index (χ2v) is 8.11. The molecule has 3 aromatic rings. The van der Waals surface area contributed by atoms with Crippen LogP contribution >= 0.6 is 11.3 Å². The van der Waals surface area contributed by atoms with Crippen LogP contribution in [0.4, 0.5) is 4.39 Å². The van der Waals surface area contributed by atoms with Crippen LogP contribution < -0.4 is 4.72 Å². The molecule has 0 saturated heterocycles. The zero-order chi connectivity index (χ0) is 18.0. The van der Waals surface area contributed by atoms with Gasteiger partial charge in [-0.25, -0.2) is 27.2 Å². The SMILES string of the molecule is Cc1cc(C)n(-c2nc(CCNS(=O)(=O)c3ccccc3F)cs2)n1. The van der Waals surface area contributed by atoms with E-state index in [0.29, 0.717) is 6.42 Å². The molecule has 0 fully saturated rings. The molecule has 25 heavy (non-hydrogen) atoms. The molecule has 1 N–H and O–H groups in total. The van der Waals surface area contributed by atoms with Gasteiger partial charge in [0.1, 0.15) is 10.7 Å². The smallest absolute Gasteiger partial charge is 0.223 e. The number of aryl methyl sites for hydroxylation is 2. The number of nitrogens with zero attached hydrogens (tertiary/aromatic N) is 3. The molecule has 3 rings (SSSR count). The Morgan fingerprint density at radius 1 is 1.28 bits per heavy atom. The molecule has 0 spiro atoms. The average Bonchev–Trinajstić information content (AvgIpc) is 3.13. The first-order chi connectivity index (χ1) is 11.9. The fourth-order valence-electron chi connectivity index (χ4n) is 2.38. The van der Waals surface area contributed by atoms with Gasteiger partial charge >= 0.3 is 0 Å². The number of benzene rings is 1. The van der Waals surface area contributed by atoms with Crippen LogP contribution in [-0.2, 0) is 16.4 Å². The predicted octanol–water partition coefficient (Wildman–Crippen LogP) is 2.61. The van der Waals surface area contributed by atoms with Gasteiger partial charge in [-0.3, -0.25) is 0 Å². The average molecular weight is 380 g/mol. The standard InChI is InChI=1S/C16H17FN4O2S2/c1-11-9-12(2)21(20-11)16-19-13(10-24-16)7-8-18-25(22,23)15-6-4-3-5-14(15)17/h3-6,9-10,18H,7-8H2,1-2H3. The van der Waals surface area contributed by atoms with Gasteiger partial charge in [-0.05, 0) is 32.0 Å². The van der Waals surface area contributed by atoms with Crippen LogP contribution in [0, 0.1) is 19.7 Å². The number of rotatable bonds is 6. The number of thiazole rings is 1. The Kier molecular flexibility index (Phi) is 4.98. The molecule has 2 aromatic heterocycles. The second kappa shape index (κ2) is 7.03. The van der Waals surface area contributed by atoms with Gasteiger partial charge in [0.25, 0.3) is 0 Å². The summed E-state index contributed by atoms with van der Waals surface area (Å²) in [6.45, 7) is 4.00. The van der Waals surface area contributed by atoms with Crippen molar-refractivity contribution >= 4 is 21.4 Å². The summed E-state index contributed by atoms with van der Waals surface area (Å²) in [5.41, 5.74) is 2.65. The Bertz CT molecular complexity index is 995. The van der Waals surface area contributed by atoms with Crippen molar-refractivity contribution in [3.8, 4) is 5.13 Å². The molecule has 0 saturated carbocycles. The van der Waals surface area contributed by atoms with Crippen LogP contribution in [0.5, 0.6) is 0 Å². The predicted molar refractivity (Wildman–Crippen MR) is 94.0 cm³/mol. The van der Waals surface area contributed by atoms with Crippen LogP contribution in [0.2, 0.25) is 0 Å². The van der Waals surface area contributed by atoms with E-state index in [1.807, 2.05) is 25.3 Å². The molecule has 6 nitrogen and oxygen atoms in total. The van der Waals surface area contributed by atoms with E-state index in [2.05, 4.69) is 14.8 Å². The van der Waals surface area contributed by atoms with Crippen molar-refractivity contribution in [3.05, 3.63) is 58.6 Å². The summed E-state index contributed by atoms with van der Waals surface area (Å²) < 4.78 is 42.1. The highest BCUT2D eigenvalue weighted by molar-refractivity contribution is 7.89. The molecule has 0 aliphatic rings. The first-order valence-corrected chi connectivity index (χ1v) is 9.95. The Morgan fingerprint density at radius 3 is 2.72 bits per heavy atom. The minimum absolute atomic E-state index is 0.136. The topological polar surface area (TPSA) is 76.9 Å². The quantitative estimate of drug-likeness (QED) is 0.713. The van der Waals surface area contributed by atoms with E-state index in [1.165, 1.54) is 29.5 Å². The van der Waals surface area contributed by atoms with E-state index in [1.54, 1.807) is 4.68 Å². The molecule has 9 heteroatoms. The van der Waals surface area contributed by atoms with E-state index < -0.39 is 15.8 Å². The number of nitrogens with one attached hydrogen (secondary N) is 1. The maximum absolute atomic E-state index is 13.6. The van der Waals surface area contributed by atoms with Crippen molar-refractivity contribution < 1.29 is 12.8 Å². The fourth-order valence-corrected chi connectivity index (χ4v) is 4.36. The third kappa shape index (κ3) is 3.94. The summed E-state index contributed by atoms with van der Waals surface area (Å²) in [5.74, 6) is -0.768. The zero-order valence-electron chi connectivity index (χ0n) is 13.7. The lowest BCUT2D eigenvalue weighted by Crippen LogP contribution is -2.26. The lowest BCUT2D eigenvalue weighted by molar-refractivity contribution is 0.557. The van der Waals surface area contributed by atoms with Crippen molar-refractivity contribution in [3.63, 3.8) is 0 Å². The summed E-state index contributed by atoms with van der Waals surface area (Å²) in [7, 11) is -3.88. The third-order valence-corrected chi connectivity index (χ3v) is 5.89. The van der Waals surface area contributed by atoms with E-state index >= 15 is 0 Å². The Hall–Kier alpha value is -2.10. The Balaban J connectivity index is 1.65. The highest BCUT2D eigenvalue weighted by atomic mass is 32.2. The summed E-state index contributed by atoms with van der Waals surface area (Å²) >= 11 is 1.44. The molecule has 0 amide bonds. The van der Waals surface area contributed by atoms with Gasteiger partial charge in [-0.2, -0.15) is 5.10 Å². The summed E-state index contributed by atoms with van der Waals surface area (Å²) in [6.07, 6.45) is 0.406. The molecule has 0 atom stereocenters. The minimum atomic E-state index is -3.88. The van der Waals surface area contributed by atoms with Crippen LogP contribution in [-0.4, -0.2) is 29.7 Å². The molecule has 2 heterocycles. The highest BCUT2D eigenvalue weighted by Gasteiger charge is 2.18. The van der Waals surface area contributed by atoms with Crippen LogP contribution in [0.3, 0.4) is 0 Å². The van der Waals surface area contributed by atoms with E-state index in [9.17, 15) is 12.8 Å². The molecule has 0 aliphatic heterocycles. The number of hydrogen-bond acceptors (Lipinski definition) is 5. The second-order valence-electron chi connectivity index (χ2n) is 5.54. The van der Waals surface area contributed by atoms with Gasteiger partial charge < -0.3 is 0 Å². The molecule has 0 bridgehead atoms. The Labute approximate surface area is 149 Å². The molecule has 0 aliphatic carbocycles. The van der Waals surface area contributed by atoms with E-state index in [4.69, 9.17) is 0 Å². The van der Waals surface area contributed by atoms with Crippen molar-refractivity contribution in [1.82, 2.24) is 19.5 Å². The van der Waals surface area contributed by atoms with E-state index in [-0.39, 0.29) is 11.4 Å². The lowest BCUT2D eigenvalue weighted by Gasteiger charge is -2.06. The van der Waals surface area contributed by atoms with Gasteiger partial charge in [-0.15, -0.1) is 11.3 Å². The minimum Gasteiger partial charge on any atom is -0.223 e. The largest absolute Gasteiger partial charge is 0.243 e. The highest BCUT2D eigenvalue weighted by Crippen LogP contribution is 2.18. The summed E-state index contributed by atoms with van der Waals surface area (Å²) in [5, 5.41) is 6.97. The maximum atomic E-state index is 13.6. The normalized spacial score (nSPS) is 11.8. The van der Waals surface area contributed by atoms with Crippen molar-refractivity contribution in [1.29, 1.82) is 0 Å². The molecule has 132 valence electrons. The monoisotopic (exact) mass is 380 g/mol. The molecule has 1 aromatic carbocycles.